The first kappa shape index (κ1) is 18.3. The zero-order chi connectivity index (χ0) is 15.9. The van der Waals surface area contributed by atoms with Crippen LogP contribution in [0.3, 0.4) is 0 Å². The molecule has 6 heteroatoms. The van der Waals surface area contributed by atoms with E-state index < -0.39 is 5.41 Å². The lowest BCUT2D eigenvalue weighted by Gasteiger charge is -2.33. The van der Waals surface area contributed by atoms with Crippen LogP contribution in [0.5, 0.6) is 0 Å². The van der Waals surface area contributed by atoms with Crippen LogP contribution in [-0.4, -0.2) is 55.2 Å². The molecule has 1 amide bonds. The molecule has 0 aromatic heterocycles. The van der Waals surface area contributed by atoms with Crippen LogP contribution in [-0.2, 0) is 9.53 Å². The molecule has 0 aliphatic carbocycles. The maximum Gasteiger partial charge on any atom is 0.233 e. The average molecular weight is 315 g/mol. The van der Waals surface area contributed by atoms with Gasteiger partial charge in [0.2, 0.25) is 5.91 Å². The fraction of sp³-hybridized carbons (Fsp3) is 0.867. The van der Waals surface area contributed by atoms with Crippen molar-refractivity contribution in [1.82, 2.24) is 10.2 Å². The molecule has 21 heavy (non-hydrogen) atoms. The Bertz CT molecular complexity index is 357. The van der Waals surface area contributed by atoms with Crippen molar-refractivity contribution in [2.45, 2.75) is 45.6 Å². The number of carbonyl (C=O) groups is 1. The van der Waals surface area contributed by atoms with E-state index in [1.807, 2.05) is 0 Å². The zero-order valence-corrected chi connectivity index (χ0v) is 14.3. The minimum Gasteiger partial charge on any atom is -0.392 e. The summed E-state index contributed by atoms with van der Waals surface area (Å²) in [6, 6.07) is 0. The van der Waals surface area contributed by atoms with Crippen molar-refractivity contribution in [2.75, 3.05) is 33.3 Å². The first-order chi connectivity index (χ1) is 9.96. The van der Waals surface area contributed by atoms with Crippen LogP contribution in [0.15, 0.2) is 0 Å². The average Bonchev–Trinajstić information content (AvgIpc) is 2.44. The molecule has 0 spiro atoms. The summed E-state index contributed by atoms with van der Waals surface area (Å²) >= 11 is 5.20. The molecule has 1 rings (SSSR count). The molecule has 3 N–H and O–H groups in total. The van der Waals surface area contributed by atoms with Gasteiger partial charge in [0.25, 0.3) is 0 Å². The summed E-state index contributed by atoms with van der Waals surface area (Å²) in [5.41, 5.74) is 5.20. The van der Waals surface area contributed by atoms with Gasteiger partial charge in [-0.3, -0.25) is 4.79 Å². The van der Waals surface area contributed by atoms with Gasteiger partial charge in [-0.1, -0.05) is 38.9 Å². The Labute approximate surface area is 133 Å². The standard InChI is InChI=1S/C15H29N3O2S/c1-4-6-15(7-5-2,13(16)21)14(19)17-10-12-11-18(3)8-9-20-12/h12H,4-11H2,1-3H3,(H2,16,21)(H,17,19). The van der Waals surface area contributed by atoms with Crippen LogP contribution in [0.1, 0.15) is 39.5 Å². The molecule has 1 saturated heterocycles. The van der Waals surface area contributed by atoms with Crippen molar-refractivity contribution in [2.24, 2.45) is 11.1 Å². The highest BCUT2D eigenvalue weighted by Gasteiger charge is 2.39. The zero-order valence-electron chi connectivity index (χ0n) is 13.5. The Kier molecular flexibility index (Phi) is 7.56. The Morgan fingerprint density at radius 1 is 1.43 bits per heavy atom. The van der Waals surface area contributed by atoms with Gasteiger partial charge >= 0.3 is 0 Å². The molecule has 1 aliphatic rings. The third-order valence-corrected chi connectivity index (χ3v) is 4.48. The third kappa shape index (κ3) is 4.90. The molecule has 0 aromatic rings. The van der Waals surface area contributed by atoms with Gasteiger partial charge in [-0.25, -0.2) is 0 Å². The third-order valence-electron chi connectivity index (χ3n) is 4.09. The van der Waals surface area contributed by atoms with Crippen molar-refractivity contribution in [3.05, 3.63) is 0 Å². The van der Waals surface area contributed by atoms with Gasteiger partial charge in [-0.05, 0) is 19.9 Å². The molecule has 1 atom stereocenters. The number of morpholine rings is 1. The number of amides is 1. The van der Waals surface area contributed by atoms with Crippen LogP contribution >= 0.6 is 12.2 Å². The molecule has 122 valence electrons. The van der Waals surface area contributed by atoms with Crippen molar-refractivity contribution in [3.8, 4) is 0 Å². The summed E-state index contributed by atoms with van der Waals surface area (Å²) in [7, 11) is 2.06. The minimum absolute atomic E-state index is 0.0417. The number of nitrogens with two attached hydrogens (primary N) is 1. The van der Waals surface area contributed by atoms with Crippen LogP contribution in [0, 0.1) is 5.41 Å². The summed E-state index contributed by atoms with van der Waals surface area (Å²) in [5, 5.41) is 3.01. The number of thiocarbonyl (C=S) groups is 1. The van der Waals surface area contributed by atoms with E-state index in [1.54, 1.807) is 0 Å². The fourth-order valence-corrected chi connectivity index (χ4v) is 3.23. The lowest BCUT2D eigenvalue weighted by Crippen LogP contribution is -2.52. The van der Waals surface area contributed by atoms with Crippen LogP contribution in [0.4, 0.5) is 0 Å². The summed E-state index contributed by atoms with van der Waals surface area (Å²) in [5.74, 6) is -0.0458. The molecule has 1 unspecified atom stereocenters. The Hall–Kier alpha value is -0.720. The number of carbonyl (C=O) groups excluding carboxylic acids is 1. The Morgan fingerprint density at radius 2 is 2.05 bits per heavy atom. The molecule has 1 fully saturated rings. The predicted molar refractivity (Wildman–Crippen MR) is 89.3 cm³/mol. The largest absolute Gasteiger partial charge is 0.392 e. The maximum absolute atomic E-state index is 12.7. The smallest absolute Gasteiger partial charge is 0.233 e. The van der Waals surface area contributed by atoms with Crippen molar-refractivity contribution < 1.29 is 9.53 Å². The number of nitrogens with zero attached hydrogens (tertiary/aromatic N) is 1. The second-order valence-electron chi connectivity index (χ2n) is 5.91. The lowest BCUT2D eigenvalue weighted by atomic mass is 9.78. The summed E-state index contributed by atoms with van der Waals surface area (Å²) in [4.78, 5) is 15.2. The van der Waals surface area contributed by atoms with E-state index in [-0.39, 0.29) is 12.0 Å². The minimum atomic E-state index is -0.709. The highest BCUT2D eigenvalue weighted by Crippen LogP contribution is 2.31. The first-order valence-corrected chi connectivity index (χ1v) is 8.25. The molecular formula is C15H29N3O2S. The highest BCUT2D eigenvalue weighted by atomic mass is 32.1. The van der Waals surface area contributed by atoms with Gasteiger partial charge in [0.1, 0.15) is 0 Å². The molecular weight excluding hydrogens is 286 g/mol. The van der Waals surface area contributed by atoms with Gasteiger partial charge in [0.15, 0.2) is 0 Å². The quantitative estimate of drug-likeness (QED) is 0.661. The van der Waals surface area contributed by atoms with Crippen LogP contribution < -0.4 is 11.1 Å². The fourth-order valence-electron chi connectivity index (χ4n) is 2.93. The summed E-state index contributed by atoms with van der Waals surface area (Å²) in [6.07, 6.45) is 3.21. The number of rotatable bonds is 8. The predicted octanol–water partition coefficient (Wildman–Crippen LogP) is 1.31. The highest BCUT2D eigenvalue weighted by molar-refractivity contribution is 7.80. The number of nitrogens with one attached hydrogen (secondary N) is 1. The number of likely N-dealkylation sites (N-methyl/N-ethyl adjacent to an activating group) is 1. The van der Waals surface area contributed by atoms with Gasteiger partial charge in [0, 0.05) is 19.6 Å². The van der Waals surface area contributed by atoms with Crippen LogP contribution in [0.2, 0.25) is 0 Å². The van der Waals surface area contributed by atoms with Gasteiger partial charge in [-0.2, -0.15) is 0 Å². The first-order valence-electron chi connectivity index (χ1n) is 7.84. The van der Waals surface area contributed by atoms with Gasteiger partial charge in [0.05, 0.1) is 23.1 Å². The monoisotopic (exact) mass is 315 g/mol. The molecule has 0 saturated carbocycles. The van der Waals surface area contributed by atoms with Crippen LogP contribution in [0.25, 0.3) is 0 Å². The molecule has 0 radical (unpaired) electrons. The molecule has 0 bridgehead atoms. The topological polar surface area (TPSA) is 67.6 Å². The number of ether oxygens (including phenoxy) is 1. The van der Waals surface area contributed by atoms with Gasteiger partial charge < -0.3 is 20.7 Å². The Morgan fingerprint density at radius 3 is 2.52 bits per heavy atom. The molecule has 1 heterocycles. The van der Waals surface area contributed by atoms with E-state index >= 15 is 0 Å². The van der Waals surface area contributed by atoms with Crippen molar-refractivity contribution in [3.63, 3.8) is 0 Å². The van der Waals surface area contributed by atoms with Crippen molar-refractivity contribution in [1.29, 1.82) is 0 Å². The van der Waals surface area contributed by atoms with Gasteiger partial charge in [-0.15, -0.1) is 0 Å². The van der Waals surface area contributed by atoms with E-state index in [9.17, 15) is 4.79 Å². The summed E-state index contributed by atoms with van der Waals surface area (Å²) in [6.45, 7) is 7.10. The second kappa shape index (κ2) is 8.66. The summed E-state index contributed by atoms with van der Waals surface area (Å²) < 4.78 is 5.67. The van der Waals surface area contributed by atoms with E-state index in [0.29, 0.717) is 31.0 Å². The molecule has 0 aromatic carbocycles. The van der Waals surface area contributed by atoms with E-state index in [0.717, 1.165) is 25.9 Å². The SMILES string of the molecule is CCCC(CCC)(C(=O)NCC1CN(C)CCO1)C(N)=S. The number of hydrogen-bond donors (Lipinski definition) is 2. The second-order valence-corrected chi connectivity index (χ2v) is 6.35. The van der Waals surface area contributed by atoms with E-state index in [1.165, 1.54) is 0 Å². The van der Waals surface area contributed by atoms with E-state index in [2.05, 4.69) is 31.1 Å². The maximum atomic E-state index is 12.7. The number of hydrogen-bond acceptors (Lipinski definition) is 4. The van der Waals surface area contributed by atoms with E-state index in [4.69, 9.17) is 22.7 Å². The molecule has 1 aliphatic heterocycles. The Balaban J connectivity index is 2.65. The molecule has 5 nitrogen and oxygen atoms in total. The van der Waals surface area contributed by atoms with Crippen molar-refractivity contribution >= 4 is 23.1 Å². The normalized spacial score (nSPS) is 20.2. The lowest BCUT2D eigenvalue weighted by molar-refractivity contribution is -0.129.